The molecule has 4 aromatic rings. The maximum absolute atomic E-state index is 13.7. The molecule has 4 N–H and O–H groups in total. The first kappa shape index (κ1) is 25.4. The van der Waals surface area contributed by atoms with Crippen molar-refractivity contribution < 1.29 is 22.7 Å². The van der Waals surface area contributed by atoms with Crippen LogP contribution in [0.5, 0.6) is 11.8 Å². The zero-order valence-electron chi connectivity index (χ0n) is 20.7. The van der Waals surface area contributed by atoms with Crippen LogP contribution in [0.4, 0.5) is 11.4 Å². The van der Waals surface area contributed by atoms with E-state index in [0.29, 0.717) is 17.3 Å². The number of nitrogens with zero attached hydrogens (tertiary/aromatic N) is 3. The molecule has 0 aliphatic carbocycles. The van der Waals surface area contributed by atoms with E-state index in [1.807, 2.05) is 37.6 Å². The molecule has 0 fully saturated rings. The van der Waals surface area contributed by atoms with Gasteiger partial charge in [0, 0.05) is 29.4 Å². The maximum Gasteiger partial charge on any atom is 0.248 e. The second-order valence-electron chi connectivity index (χ2n) is 8.81. The van der Waals surface area contributed by atoms with E-state index in [1.165, 1.54) is 25.2 Å². The number of methoxy groups -OCH3 is 2. The minimum atomic E-state index is -3.86. The van der Waals surface area contributed by atoms with Crippen LogP contribution in [-0.4, -0.2) is 44.1 Å². The number of ether oxygens (including phenoxy) is 2. The molecule has 1 atom stereocenters. The summed E-state index contributed by atoms with van der Waals surface area (Å²) in [6.45, 7) is 3.75. The Balaban J connectivity index is 1.96. The number of aromatic nitrogens is 2. The van der Waals surface area contributed by atoms with Crippen molar-refractivity contribution in [1.82, 2.24) is 9.55 Å². The lowest BCUT2D eigenvalue weighted by Crippen LogP contribution is -2.44. The zero-order chi connectivity index (χ0) is 26.4. The Morgan fingerprint density at radius 2 is 1.72 bits per heavy atom. The Hall–Kier alpha value is -3.67. The molecule has 0 spiro atoms. The lowest BCUT2D eigenvalue weighted by molar-refractivity contribution is -0.120. The van der Waals surface area contributed by atoms with E-state index in [0.717, 1.165) is 21.8 Å². The van der Waals surface area contributed by atoms with Gasteiger partial charge in [-0.2, -0.15) is 4.98 Å². The summed E-state index contributed by atoms with van der Waals surface area (Å²) in [5, 5.41) is 6.88. The highest BCUT2D eigenvalue weighted by Gasteiger charge is 2.29. The molecule has 0 aliphatic heterocycles. The number of anilines is 2. The number of hydrogen-bond acceptors (Lipinski definition) is 7. The molecule has 0 saturated carbocycles. The number of amides is 1. The van der Waals surface area contributed by atoms with E-state index in [4.69, 9.17) is 20.3 Å². The number of fused-ring (bicyclic) bond motifs is 3. The van der Waals surface area contributed by atoms with Crippen LogP contribution < -0.4 is 25.2 Å². The molecule has 1 amide bonds. The summed E-state index contributed by atoms with van der Waals surface area (Å²) >= 11 is 0. The molecule has 11 heteroatoms. The monoisotopic (exact) mass is 511 g/mol. The number of hydrogen-bond donors (Lipinski definition) is 2. The lowest BCUT2D eigenvalue weighted by Gasteiger charge is -2.28. The maximum atomic E-state index is 13.7. The highest BCUT2D eigenvalue weighted by atomic mass is 32.2. The predicted octanol–water partition coefficient (Wildman–Crippen LogP) is 3.04. The summed E-state index contributed by atoms with van der Waals surface area (Å²) in [7, 11) is 0.966. The van der Waals surface area contributed by atoms with Crippen molar-refractivity contribution in [2.45, 2.75) is 24.8 Å². The number of aryl methyl sites for hydroxylation is 1. The molecule has 0 aliphatic rings. The molecule has 2 aromatic carbocycles. The third-order valence-electron chi connectivity index (χ3n) is 6.23. The first-order chi connectivity index (χ1) is 17.0. The highest BCUT2D eigenvalue weighted by molar-refractivity contribution is 7.89. The normalized spacial score (nSPS) is 12.8. The topological polar surface area (TPSA) is 143 Å². The Morgan fingerprint density at radius 1 is 1.00 bits per heavy atom. The minimum absolute atomic E-state index is 0.0281. The number of benzene rings is 2. The average molecular weight is 512 g/mol. The zero-order valence-corrected chi connectivity index (χ0v) is 21.5. The molecule has 0 unspecified atom stereocenters. The second-order valence-corrected chi connectivity index (χ2v) is 10.4. The van der Waals surface area contributed by atoms with Gasteiger partial charge in [0.2, 0.25) is 27.7 Å². The van der Waals surface area contributed by atoms with E-state index in [-0.39, 0.29) is 22.6 Å². The predicted molar refractivity (Wildman–Crippen MR) is 139 cm³/mol. The Kier molecular flexibility index (Phi) is 6.65. The summed E-state index contributed by atoms with van der Waals surface area (Å²) < 4.78 is 36.4. The molecule has 10 nitrogen and oxygen atoms in total. The third kappa shape index (κ3) is 4.36. The first-order valence-electron chi connectivity index (χ1n) is 11.2. The first-order valence-corrected chi connectivity index (χ1v) is 12.8. The van der Waals surface area contributed by atoms with Gasteiger partial charge in [-0.1, -0.05) is 19.9 Å². The van der Waals surface area contributed by atoms with Crippen LogP contribution >= 0.6 is 0 Å². The van der Waals surface area contributed by atoms with Crippen molar-refractivity contribution in [3.8, 4) is 11.8 Å². The van der Waals surface area contributed by atoms with Gasteiger partial charge in [0.15, 0.2) is 0 Å². The quantitative estimate of drug-likeness (QED) is 0.388. The van der Waals surface area contributed by atoms with Crippen molar-refractivity contribution in [2.75, 3.05) is 19.1 Å². The van der Waals surface area contributed by atoms with Crippen LogP contribution in [0.1, 0.15) is 13.8 Å². The number of pyridine rings is 1. The molecule has 0 saturated heterocycles. The van der Waals surface area contributed by atoms with Gasteiger partial charge in [-0.05, 0) is 42.3 Å². The molecule has 2 heterocycles. The summed E-state index contributed by atoms with van der Waals surface area (Å²) in [6, 6.07) is 12.8. The van der Waals surface area contributed by atoms with E-state index in [2.05, 4.69) is 4.98 Å². The molecule has 0 radical (unpaired) electrons. The molecule has 190 valence electrons. The second kappa shape index (κ2) is 9.41. The number of nitrogens with two attached hydrogens (primary N) is 2. The molecular formula is C25H29N5O5S. The number of rotatable bonds is 7. The van der Waals surface area contributed by atoms with Gasteiger partial charge in [0.05, 0.1) is 36.4 Å². The molecule has 0 bridgehead atoms. The minimum Gasteiger partial charge on any atom is -0.481 e. The molecular weight excluding hydrogens is 482 g/mol. The molecule has 36 heavy (non-hydrogen) atoms. The largest absolute Gasteiger partial charge is 0.481 e. The van der Waals surface area contributed by atoms with Crippen LogP contribution in [0.2, 0.25) is 0 Å². The molecule has 2 aromatic heterocycles. The summed E-state index contributed by atoms with van der Waals surface area (Å²) in [6.07, 6.45) is 0. The van der Waals surface area contributed by atoms with Crippen LogP contribution in [0, 0.1) is 5.92 Å². The summed E-state index contributed by atoms with van der Waals surface area (Å²) in [5.74, 6) is 0.0969. The SMILES string of the molecule is COc1ccc(N(C(=O)[C@H](N)C(C)C)c2ccc3c4cc(S(N)(=O)=O)ccc4n(C)c3c2)c(OC)n1. The van der Waals surface area contributed by atoms with Crippen molar-refractivity contribution >= 4 is 49.1 Å². The van der Waals surface area contributed by atoms with Gasteiger partial charge in [0.25, 0.3) is 0 Å². The van der Waals surface area contributed by atoms with Crippen LogP contribution in [-0.2, 0) is 21.9 Å². The van der Waals surface area contributed by atoms with Gasteiger partial charge in [-0.25, -0.2) is 13.6 Å². The van der Waals surface area contributed by atoms with Gasteiger partial charge >= 0.3 is 0 Å². The number of carbonyl (C=O) groups is 1. The van der Waals surface area contributed by atoms with Crippen molar-refractivity contribution in [3.05, 3.63) is 48.5 Å². The van der Waals surface area contributed by atoms with Gasteiger partial charge in [-0.15, -0.1) is 0 Å². The summed E-state index contributed by atoms with van der Waals surface area (Å²) in [5.41, 5.74) is 8.85. The standard InChI is InChI=1S/C25H29N5O5S/c1-14(2)23(26)25(31)30(20-10-11-22(34-4)28-24(20)35-5)15-6-8-17-18-13-16(36(27,32)33)7-9-19(18)29(3)21(17)12-15/h6-14,23H,26H2,1-5H3,(H2,27,32,33)/t23-/m1/s1. The Morgan fingerprint density at radius 3 is 2.33 bits per heavy atom. The molecule has 4 rings (SSSR count). The number of carbonyl (C=O) groups excluding carboxylic acids is 1. The lowest BCUT2D eigenvalue weighted by atomic mass is 10.0. The average Bonchev–Trinajstić information content (AvgIpc) is 3.14. The number of sulfonamides is 1. The van der Waals surface area contributed by atoms with E-state index in [9.17, 15) is 13.2 Å². The van der Waals surface area contributed by atoms with Crippen molar-refractivity contribution in [3.63, 3.8) is 0 Å². The fourth-order valence-corrected chi connectivity index (χ4v) is 4.70. The van der Waals surface area contributed by atoms with Gasteiger partial charge in [0.1, 0.15) is 5.69 Å². The van der Waals surface area contributed by atoms with E-state index in [1.54, 1.807) is 30.3 Å². The fraction of sp³-hybridized carbons (Fsp3) is 0.280. The fourth-order valence-electron chi connectivity index (χ4n) is 4.16. The summed E-state index contributed by atoms with van der Waals surface area (Å²) in [4.78, 5) is 19.5. The van der Waals surface area contributed by atoms with Crippen molar-refractivity contribution in [1.29, 1.82) is 0 Å². The van der Waals surface area contributed by atoms with Crippen molar-refractivity contribution in [2.24, 2.45) is 23.8 Å². The van der Waals surface area contributed by atoms with Gasteiger partial charge < -0.3 is 19.8 Å². The van der Waals surface area contributed by atoms with E-state index >= 15 is 0 Å². The Bertz CT molecular complexity index is 1580. The van der Waals surface area contributed by atoms with Crippen LogP contribution in [0.3, 0.4) is 0 Å². The Labute approximate surface area is 209 Å². The smallest absolute Gasteiger partial charge is 0.248 e. The van der Waals surface area contributed by atoms with Crippen LogP contribution in [0.25, 0.3) is 21.8 Å². The highest BCUT2D eigenvalue weighted by Crippen LogP contribution is 2.38. The third-order valence-corrected chi connectivity index (χ3v) is 7.14. The number of primary sulfonamides is 1. The van der Waals surface area contributed by atoms with Gasteiger partial charge in [-0.3, -0.25) is 9.69 Å². The van der Waals surface area contributed by atoms with Crippen LogP contribution in [0.15, 0.2) is 53.4 Å². The van der Waals surface area contributed by atoms with E-state index < -0.39 is 16.1 Å².